The predicted molar refractivity (Wildman–Crippen MR) is 74.0 cm³/mol. The van der Waals surface area contributed by atoms with Gasteiger partial charge in [-0.3, -0.25) is 9.79 Å². The molecule has 0 heterocycles. The first-order valence-corrected chi connectivity index (χ1v) is 6.27. The highest BCUT2D eigenvalue weighted by atomic mass is 32.2. The first-order chi connectivity index (χ1) is 7.49. The van der Waals surface area contributed by atoms with E-state index < -0.39 is 0 Å². The van der Waals surface area contributed by atoms with Crippen LogP contribution in [0, 0.1) is 0 Å². The van der Waals surface area contributed by atoms with E-state index in [1.165, 1.54) is 0 Å². The van der Waals surface area contributed by atoms with Crippen LogP contribution in [0.25, 0.3) is 0 Å². The van der Waals surface area contributed by atoms with Crippen molar-refractivity contribution < 1.29 is 4.79 Å². The molecule has 0 unspecified atom stereocenters. The summed E-state index contributed by atoms with van der Waals surface area (Å²) in [7, 11) is 0. The SMILES string of the molecule is C=C(C)C(/C(C=O)=C(\C)SC)=C(/C)N=CC. The Kier molecular flexibility index (Phi) is 6.74. The molecule has 0 spiro atoms. The molecule has 0 radical (unpaired) electrons. The molecule has 0 fully saturated rings. The molecule has 0 N–H and O–H groups in total. The first-order valence-electron chi connectivity index (χ1n) is 5.05. The zero-order chi connectivity index (χ0) is 12.7. The maximum absolute atomic E-state index is 11.2. The van der Waals surface area contributed by atoms with E-state index in [-0.39, 0.29) is 0 Å². The van der Waals surface area contributed by atoms with Gasteiger partial charge in [0.15, 0.2) is 6.29 Å². The van der Waals surface area contributed by atoms with Crippen LogP contribution in [0.1, 0.15) is 27.7 Å². The van der Waals surface area contributed by atoms with Gasteiger partial charge in [-0.15, -0.1) is 11.8 Å². The molecule has 2 nitrogen and oxygen atoms in total. The van der Waals surface area contributed by atoms with Gasteiger partial charge in [0.25, 0.3) is 0 Å². The monoisotopic (exact) mass is 237 g/mol. The highest BCUT2D eigenvalue weighted by molar-refractivity contribution is 8.02. The van der Waals surface area contributed by atoms with Crippen LogP contribution in [0.4, 0.5) is 0 Å². The maximum Gasteiger partial charge on any atom is 0.151 e. The van der Waals surface area contributed by atoms with Crippen LogP contribution in [0.2, 0.25) is 0 Å². The van der Waals surface area contributed by atoms with Gasteiger partial charge in [0.2, 0.25) is 0 Å². The molecule has 0 amide bonds. The number of hydrogen-bond acceptors (Lipinski definition) is 3. The molecule has 0 aromatic carbocycles. The molecule has 16 heavy (non-hydrogen) atoms. The molecular weight excluding hydrogens is 218 g/mol. The number of aliphatic imine (C=N–C) groups is 1. The second-order valence-electron chi connectivity index (χ2n) is 3.42. The summed E-state index contributed by atoms with van der Waals surface area (Å²) in [5.74, 6) is 0. The highest BCUT2D eigenvalue weighted by Crippen LogP contribution is 2.27. The molecule has 0 saturated heterocycles. The third-order valence-corrected chi connectivity index (χ3v) is 3.02. The molecule has 0 aliphatic carbocycles. The topological polar surface area (TPSA) is 29.4 Å². The van der Waals surface area contributed by atoms with E-state index in [4.69, 9.17) is 0 Å². The smallest absolute Gasteiger partial charge is 0.151 e. The normalized spacial score (nSPS) is 14.6. The molecular formula is C13H19NOS. The fraction of sp³-hybridized carbons (Fsp3) is 0.385. The van der Waals surface area contributed by atoms with Crippen LogP contribution in [0.15, 0.2) is 38.9 Å². The number of carbonyl (C=O) groups excluding carboxylic acids is 1. The zero-order valence-corrected chi connectivity index (χ0v) is 11.4. The fourth-order valence-electron chi connectivity index (χ4n) is 1.42. The van der Waals surface area contributed by atoms with Crippen molar-refractivity contribution in [2.75, 3.05) is 6.26 Å². The minimum atomic E-state index is 0.683. The third-order valence-electron chi connectivity index (χ3n) is 2.18. The average molecular weight is 237 g/mol. The number of rotatable bonds is 5. The van der Waals surface area contributed by atoms with Gasteiger partial charge in [-0.2, -0.15) is 0 Å². The first kappa shape index (κ1) is 14.9. The van der Waals surface area contributed by atoms with E-state index in [0.717, 1.165) is 28.0 Å². The number of nitrogens with zero attached hydrogens (tertiary/aromatic N) is 1. The lowest BCUT2D eigenvalue weighted by molar-refractivity contribution is -0.104. The largest absolute Gasteiger partial charge is 0.298 e. The average Bonchev–Trinajstić information content (AvgIpc) is 2.24. The summed E-state index contributed by atoms with van der Waals surface area (Å²) in [6, 6.07) is 0. The van der Waals surface area contributed by atoms with Gasteiger partial charge in [-0.05, 0) is 44.4 Å². The molecule has 0 rings (SSSR count). The van der Waals surface area contributed by atoms with E-state index in [1.807, 2.05) is 34.0 Å². The van der Waals surface area contributed by atoms with Crippen molar-refractivity contribution in [1.82, 2.24) is 0 Å². The second kappa shape index (κ2) is 7.23. The molecule has 88 valence electrons. The van der Waals surface area contributed by atoms with Gasteiger partial charge in [-0.1, -0.05) is 6.58 Å². The summed E-state index contributed by atoms with van der Waals surface area (Å²) < 4.78 is 0. The van der Waals surface area contributed by atoms with Gasteiger partial charge in [-0.25, -0.2) is 0 Å². The van der Waals surface area contributed by atoms with Gasteiger partial charge < -0.3 is 0 Å². The standard InChI is InChI=1S/C13H19NOS/c1-7-14-10(4)13(9(2)3)12(8-15)11(5)16-6/h7-8H,2H2,1,3-6H3/b12-11+,13-10+,14-7?. The molecule has 0 bridgehead atoms. The van der Waals surface area contributed by atoms with E-state index in [1.54, 1.807) is 18.0 Å². The number of hydrogen-bond donors (Lipinski definition) is 0. The Morgan fingerprint density at radius 2 is 1.88 bits per heavy atom. The second-order valence-corrected chi connectivity index (χ2v) is 4.44. The minimum absolute atomic E-state index is 0.683. The van der Waals surface area contributed by atoms with Gasteiger partial charge in [0, 0.05) is 23.1 Å². The molecule has 0 atom stereocenters. The molecule has 3 heteroatoms. The van der Waals surface area contributed by atoms with E-state index >= 15 is 0 Å². The quantitative estimate of drug-likeness (QED) is 0.315. The Hall–Kier alpha value is -1.09. The van der Waals surface area contributed by atoms with Crippen LogP contribution >= 0.6 is 11.8 Å². The molecule has 0 saturated carbocycles. The molecule has 0 aromatic rings. The third kappa shape index (κ3) is 3.81. The summed E-state index contributed by atoms with van der Waals surface area (Å²) in [4.78, 5) is 16.4. The van der Waals surface area contributed by atoms with Gasteiger partial charge in [0.1, 0.15) is 0 Å². The van der Waals surface area contributed by atoms with Crippen molar-refractivity contribution >= 4 is 24.3 Å². The Bertz CT molecular complexity index is 375. The van der Waals surface area contributed by atoms with E-state index in [9.17, 15) is 4.79 Å². The number of aldehydes is 1. The lowest BCUT2D eigenvalue weighted by atomic mass is 9.99. The lowest BCUT2D eigenvalue weighted by Crippen LogP contribution is -1.98. The molecule has 0 aromatic heterocycles. The Labute approximate surface area is 102 Å². The van der Waals surface area contributed by atoms with Crippen LogP contribution in [0.5, 0.6) is 0 Å². The highest BCUT2D eigenvalue weighted by Gasteiger charge is 2.11. The van der Waals surface area contributed by atoms with Crippen LogP contribution in [0.3, 0.4) is 0 Å². The maximum atomic E-state index is 11.2. The van der Waals surface area contributed by atoms with Crippen molar-refractivity contribution in [3.8, 4) is 0 Å². The minimum Gasteiger partial charge on any atom is -0.298 e. The van der Waals surface area contributed by atoms with Gasteiger partial charge >= 0.3 is 0 Å². The van der Waals surface area contributed by atoms with Crippen LogP contribution < -0.4 is 0 Å². The lowest BCUT2D eigenvalue weighted by Gasteiger charge is -2.11. The summed E-state index contributed by atoms with van der Waals surface area (Å²) in [6.45, 7) is 11.5. The Morgan fingerprint density at radius 1 is 1.31 bits per heavy atom. The fourth-order valence-corrected chi connectivity index (χ4v) is 1.79. The van der Waals surface area contributed by atoms with Crippen molar-refractivity contribution in [2.45, 2.75) is 27.7 Å². The molecule has 0 aliphatic rings. The van der Waals surface area contributed by atoms with Crippen molar-refractivity contribution in [3.63, 3.8) is 0 Å². The van der Waals surface area contributed by atoms with E-state index in [0.29, 0.717) is 5.57 Å². The van der Waals surface area contributed by atoms with Crippen molar-refractivity contribution in [1.29, 1.82) is 0 Å². The van der Waals surface area contributed by atoms with Crippen LogP contribution in [-0.4, -0.2) is 18.8 Å². The number of allylic oxidation sites excluding steroid dienone is 5. The van der Waals surface area contributed by atoms with Crippen LogP contribution in [-0.2, 0) is 4.79 Å². The zero-order valence-electron chi connectivity index (χ0n) is 10.6. The Balaban J connectivity index is 5.81. The number of carbonyl (C=O) groups is 1. The van der Waals surface area contributed by atoms with Gasteiger partial charge in [0.05, 0.1) is 0 Å². The van der Waals surface area contributed by atoms with Crippen molar-refractivity contribution in [3.05, 3.63) is 33.9 Å². The summed E-state index contributed by atoms with van der Waals surface area (Å²) >= 11 is 1.56. The number of thioether (sulfide) groups is 1. The van der Waals surface area contributed by atoms with Crippen molar-refractivity contribution in [2.24, 2.45) is 4.99 Å². The predicted octanol–water partition coefficient (Wildman–Crippen LogP) is 3.76. The molecule has 0 aliphatic heterocycles. The van der Waals surface area contributed by atoms with E-state index in [2.05, 4.69) is 11.6 Å². The summed E-state index contributed by atoms with van der Waals surface area (Å²) in [5, 5.41) is 0. The summed E-state index contributed by atoms with van der Waals surface area (Å²) in [6.07, 6.45) is 4.55. The Morgan fingerprint density at radius 3 is 2.19 bits per heavy atom. The summed E-state index contributed by atoms with van der Waals surface area (Å²) in [5.41, 5.74) is 3.21.